The normalized spacial score (nSPS) is 16.3. The summed E-state index contributed by atoms with van der Waals surface area (Å²) >= 11 is 5.41. The van der Waals surface area contributed by atoms with Gasteiger partial charge in [0.2, 0.25) is 0 Å². The van der Waals surface area contributed by atoms with Crippen LogP contribution in [0.1, 0.15) is 24.4 Å². The van der Waals surface area contributed by atoms with Gasteiger partial charge in [0.25, 0.3) is 0 Å². The van der Waals surface area contributed by atoms with Crippen molar-refractivity contribution < 1.29 is 0 Å². The Morgan fingerprint density at radius 3 is 2.81 bits per heavy atom. The van der Waals surface area contributed by atoms with Gasteiger partial charge in [-0.2, -0.15) is 0 Å². The van der Waals surface area contributed by atoms with Crippen LogP contribution in [0.25, 0.3) is 11.0 Å². The Bertz CT molecular complexity index is 610. The van der Waals surface area contributed by atoms with Crippen LogP contribution in [0, 0.1) is 11.7 Å². The summed E-state index contributed by atoms with van der Waals surface area (Å²) in [5.41, 5.74) is 3.66. The van der Waals surface area contributed by atoms with E-state index in [0.717, 1.165) is 23.1 Å². The molecular weight excluding hydrogens is 216 g/mol. The zero-order valence-electron chi connectivity index (χ0n) is 9.23. The molecule has 2 nitrogen and oxygen atoms in total. The van der Waals surface area contributed by atoms with Gasteiger partial charge in [-0.05, 0) is 49.7 Å². The number of rotatable bonds is 1. The molecule has 1 aromatic carbocycles. The molecule has 0 saturated carbocycles. The van der Waals surface area contributed by atoms with Gasteiger partial charge in [0.15, 0.2) is 4.77 Å². The van der Waals surface area contributed by atoms with Gasteiger partial charge >= 0.3 is 0 Å². The molecule has 16 heavy (non-hydrogen) atoms. The summed E-state index contributed by atoms with van der Waals surface area (Å²) in [6, 6.07) is 6.94. The zero-order valence-corrected chi connectivity index (χ0v) is 10.1. The minimum Gasteiger partial charge on any atom is -0.331 e. The standard InChI is InChI=1S/C13H14N2S/c1-9-6-7-11-12(8-9)15(13(16)14-11)10-4-2-3-5-10/h2-3,6-8,10H,4-5H2,1H3,(H,14,16). The molecule has 0 bridgehead atoms. The number of fused-ring (bicyclic) bond motifs is 1. The highest BCUT2D eigenvalue weighted by Gasteiger charge is 2.16. The fourth-order valence-electron chi connectivity index (χ4n) is 2.41. The van der Waals surface area contributed by atoms with Gasteiger partial charge in [-0.25, -0.2) is 0 Å². The van der Waals surface area contributed by atoms with Gasteiger partial charge in [-0.15, -0.1) is 0 Å². The van der Waals surface area contributed by atoms with Crippen LogP contribution in [0.3, 0.4) is 0 Å². The first-order valence-corrected chi connectivity index (χ1v) is 6.02. The summed E-state index contributed by atoms with van der Waals surface area (Å²) in [7, 11) is 0. The Kier molecular flexibility index (Phi) is 2.21. The molecule has 0 unspecified atom stereocenters. The minimum absolute atomic E-state index is 0.503. The second-order valence-corrected chi connectivity index (χ2v) is 4.80. The Hall–Kier alpha value is -1.35. The zero-order chi connectivity index (χ0) is 11.1. The van der Waals surface area contributed by atoms with Gasteiger partial charge in [0, 0.05) is 6.04 Å². The van der Waals surface area contributed by atoms with Crippen LogP contribution in [-0.4, -0.2) is 9.55 Å². The van der Waals surface area contributed by atoms with Crippen LogP contribution in [0.15, 0.2) is 30.4 Å². The van der Waals surface area contributed by atoms with E-state index in [-0.39, 0.29) is 0 Å². The number of aromatic amines is 1. The van der Waals surface area contributed by atoms with Gasteiger partial charge in [0.1, 0.15) is 0 Å². The molecule has 1 aliphatic rings. The predicted molar refractivity (Wildman–Crippen MR) is 69.3 cm³/mol. The van der Waals surface area contributed by atoms with Gasteiger partial charge < -0.3 is 9.55 Å². The van der Waals surface area contributed by atoms with Crippen molar-refractivity contribution in [3.8, 4) is 0 Å². The molecule has 0 amide bonds. The summed E-state index contributed by atoms with van der Waals surface area (Å²) in [6.45, 7) is 2.12. The third-order valence-electron chi connectivity index (χ3n) is 3.22. The molecule has 1 heterocycles. The summed E-state index contributed by atoms with van der Waals surface area (Å²) in [4.78, 5) is 3.28. The molecule has 82 valence electrons. The number of hydrogen-bond donors (Lipinski definition) is 1. The monoisotopic (exact) mass is 230 g/mol. The van der Waals surface area contributed by atoms with Crippen molar-refractivity contribution in [1.82, 2.24) is 9.55 Å². The molecule has 0 fully saturated rings. The van der Waals surface area contributed by atoms with Crippen molar-refractivity contribution in [3.05, 3.63) is 40.7 Å². The third-order valence-corrected chi connectivity index (χ3v) is 3.52. The lowest BCUT2D eigenvalue weighted by atomic mass is 10.2. The van der Waals surface area contributed by atoms with Crippen LogP contribution in [0.2, 0.25) is 0 Å². The first-order valence-electron chi connectivity index (χ1n) is 5.61. The summed E-state index contributed by atoms with van der Waals surface area (Å²) in [5.74, 6) is 0. The number of benzene rings is 1. The van der Waals surface area contributed by atoms with Gasteiger partial charge in [-0.3, -0.25) is 0 Å². The fourth-order valence-corrected chi connectivity index (χ4v) is 2.77. The quantitative estimate of drug-likeness (QED) is 0.582. The van der Waals surface area contributed by atoms with E-state index in [0.29, 0.717) is 6.04 Å². The maximum atomic E-state index is 5.41. The molecule has 0 saturated heterocycles. The molecule has 3 heteroatoms. The van der Waals surface area contributed by atoms with E-state index >= 15 is 0 Å². The Morgan fingerprint density at radius 1 is 1.31 bits per heavy atom. The van der Waals surface area contributed by atoms with Crippen molar-refractivity contribution in [1.29, 1.82) is 0 Å². The molecule has 0 spiro atoms. The summed E-state index contributed by atoms with van der Waals surface area (Å²) < 4.78 is 3.10. The minimum atomic E-state index is 0.503. The Balaban J connectivity index is 2.25. The van der Waals surface area contributed by atoms with Crippen molar-refractivity contribution >= 4 is 23.3 Å². The molecule has 1 aromatic heterocycles. The van der Waals surface area contributed by atoms with E-state index in [1.807, 2.05) is 0 Å². The number of imidazole rings is 1. The van der Waals surface area contributed by atoms with Crippen molar-refractivity contribution in [3.63, 3.8) is 0 Å². The largest absolute Gasteiger partial charge is 0.331 e. The first kappa shape index (κ1) is 9.85. The molecule has 0 radical (unpaired) electrons. The van der Waals surface area contributed by atoms with Crippen molar-refractivity contribution in [2.45, 2.75) is 25.8 Å². The number of aryl methyl sites for hydroxylation is 1. The number of hydrogen-bond acceptors (Lipinski definition) is 1. The van der Waals surface area contributed by atoms with Crippen LogP contribution in [0.5, 0.6) is 0 Å². The van der Waals surface area contributed by atoms with Crippen molar-refractivity contribution in [2.75, 3.05) is 0 Å². The topological polar surface area (TPSA) is 20.7 Å². The van der Waals surface area contributed by atoms with Gasteiger partial charge in [0.05, 0.1) is 11.0 Å². The second kappa shape index (κ2) is 3.59. The maximum Gasteiger partial charge on any atom is 0.178 e. The third kappa shape index (κ3) is 1.43. The SMILES string of the molecule is Cc1ccc2[nH]c(=S)n(C3CC=CC3)c2c1. The molecule has 1 aliphatic carbocycles. The van der Waals surface area contributed by atoms with E-state index < -0.39 is 0 Å². The fraction of sp³-hybridized carbons (Fsp3) is 0.308. The molecule has 0 aliphatic heterocycles. The summed E-state index contributed by atoms with van der Waals surface area (Å²) in [6.07, 6.45) is 6.66. The molecule has 3 rings (SSSR count). The molecule has 2 aromatic rings. The lowest BCUT2D eigenvalue weighted by Gasteiger charge is -2.12. The van der Waals surface area contributed by atoms with E-state index in [4.69, 9.17) is 12.2 Å². The highest BCUT2D eigenvalue weighted by atomic mass is 32.1. The Morgan fingerprint density at radius 2 is 2.06 bits per heavy atom. The first-order chi connectivity index (χ1) is 7.75. The van der Waals surface area contributed by atoms with E-state index in [1.54, 1.807) is 0 Å². The Labute approximate surface area is 99.6 Å². The number of nitrogens with one attached hydrogen (secondary N) is 1. The van der Waals surface area contributed by atoms with E-state index in [9.17, 15) is 0 Å². The average Bonchev–Trinajstić information content (AvgIpc) is 2.83. The van der Waals surface area contributed by atoms with E-state index in [1.165, 1.54) is 11.1 Å². The van der Waals surface area contributed by atoms with E-state index in [2.05, 4.69) is 46.8 Å². The van der Waals surface area contributed by atoms with Gasteiger partial charge in [-0.1, -0.05) is 18.2 Å². The highest BCUT2D eigenvalue weighted by molar-refractivity contribution is 7.71. The number of H-pyrrole nitrogens is 1. The van der Waals surface area contributed by atoms with Crippen LogP contribution in [0.4, 0.5) is 0 Å². The predicted octanol–water partition coefficient (Wildman–Crippen LogP) is 3.90. The smallest absolute Gasteiger partial charge is 0.178 e. The number of nitrogens with zero attached hydrogens (tertiary/aromatic N) is 1. The summed E-state index contributed by atoms with van der Waals surface area (Å²) in [5, 5.41) is 0. The second-order valence-electron chi connectivity index (χ2n) is 4.42. The molecular formula is C13H14N2S. The van der Waals surface area contributed by atoms with Crippen LogP contribution in [-0.2, 0) is 0 Å². The number of allylic oxidation sites excluding steroid dienone is 2. The number of aromatic nitrogens is 2. The average molecular weight is 230 g/mol. The molecule has 1 N–H and O–H groups in total. The van der Waals surface area contributed by atoms with Crippen LogP contribution < -0.4 is 0 Å². The molecule has 0 atom stereocenters. The maximum absolute atomic E-state index is 5.41. The van der Waals surface area contributed by atoms with Crippen molar-refractivity contribution in [2.24, 2.45) is 0 Å². The lowest BCUT2D eigenvalue weighted by molar-refractivity contribution is 0.544. The highest BCUT2D eigenvalue weighted by Crippen LogP contribution is 2.28. The lowest BCUT2D eigenvalue weighted by Crippen LogP contribution is -2.04. The van der Waals surface area contributed by atoms with Crippen LogP contribution >= 0.6 is 12.2 Å².